The average molecular weight is 636 g/mol. The first kappa shape index (κ1) is 27.7. The van der Waals surface area contributed by atoms with E-state index < -0.39 is 0 Å². The minimum atomic E-state index is 0.00924. The third-order valence-corrected chi connectivity index (χ3v) is 11.6. The molecule has 0 saturated carbocycles. The van der Waals surface area contributed by atoms with Crippen molar-refractivity contribution >= 4 is 32.6 Å². The van der Waals surface area contributed by atoms with Gasteiger partial charge < -0.3 is 4.57 Å². The van der Waals surface area contributed by atoms with Crippen molar-refractivity contribution in [2.24, 2.45) is 0 Å². The van der Waals surface area contributed by atoms with Crippen LogP contribution in [0.25, 0.3) is 93.9 Å². The van der Waals surface area contributed by atoms with Gasteiger partial charge >= 0.3 is 0 Å². The lowest BCUT2D eigenvalue weighted by atomic mass is 9.82. The highest BCUT2D eigenvalue weighted by Gasteiger charge is 2.35. The quantitative estimate of drug-likeness (QED) is 0.182. The summed E-state index contributed by atoms with van der Waals surface area (Å²) in [4.78, 5) is 0. The van der Waals surface area contributed by atoms with Gasteiger partial charge in [-0.25, -0.2) is 0 Å². The molecule has 0 bridgehead atoms. The molecule has 9 aromatic rings. The third-order valence-electron chi connectivity index (χ3n) is 11.6. The molecule has 11 rings (SSSR count). The van der Waals surface area contributed by atoms with Crippen LogP contribution < -0.4 is 0 Å². The number of rotatable bonds is 3. The molecule has 1 heteroatoms. The Hall–Kier alpha value is -6.18. The van der Waals surface area contributed by atoms with E-state index in [0.29, 0.717) is 0 Å². The normalized spacial score (nSPS) is 13.6. The van der Waals surface area contributed by atoms with Crippen LogP contribution >= 0.6 is 0 Å². The fraction of sp³-hybridized carbons (Fsp3) is 0.0612. The van der Waals surface area contributed by atoms with Crippen LogP contribution in [0.15, 0.2) is 164 Å². The van der Waals surface area contributed by atoms with Crippen molar-refractivity contribution in [2.75, 3.05) is 0 Å². The van der Waals surface area contributed by atoms with Gasteiger partial charge in [0.05, 0.1) is 11.0 Å². The first-order chi connectivity index (χ1) is 24.6. The summed E-state index contributed by atoms with van der Waals surface area (Å²) in [7, 11) is 0. The predicted molar refractivity (Wildman–Crippen MR) is 211 cm³/mol. The maximum absolute atomic E-state index is 2.43. The molecule has 1 aromatic heterocycles. The lowest BCUT2D eigenvalue weighted by molar-refractivity contribution is 0.660. The molecule has 8 aromatic carbocycles. The zero-order valence-corrected chi connectivity index (χ0v) is 28.0. The summed E-state index contributed by atoms with van der Waals surface area (Å²) in [5.74, 6) is 0. The van der Waals surface area contributed by atoms with Gasteiger partial charge in [-0.1, -0.05) is 135 Å². The van der Waals surface area contributed by atoms with E-state index in [9.17, 15) is 0 Å². The van der Waals surface area contributed by atoms with Crippen molar-refractivity contribution in [3.05, 3.63) is 175 Å². The molecule has 0 spiro atoms. The van der Waals surface area contributed by atoms with Crippen molar-refractivity contribution in [1.29, 1.82) is 0 Å². The molecule has 0 unspecified atom stereocenters. The lowest BCUT2D eigenvalue weighted by Crippen LogP contribution is -2.14. The van der Waals surface area contributed by atoms with Gasteiger partial charge in [0.1, 0.15) is 0 Å². The fourth-order valence-electron chi connectivity index (χ4n) is 9.18. The summed E-state index contributed by atoms with van der Waals surface area (Å²) in [6.45, 7) is 4.70. The fourth-order valence-corrected chi connectivity index (χ4v) is 9.18. The van der Waals surface area contributed by atoms with Gasteiger partial charge in [0.15, 0.2) is 0 Å². The number of hydrogen-bond acceptors (Lipinski definition) is 0. The summed E-state index contributed by atoms with van der Waals surface area (Å²) in [6.07, 6.45) is 0. The number of nitrogens with zero attached hydrogens (tertiary/aromatic N) is 1. The van der Waals surface area contributed by atoms with Gasteiger partial charge in [-0.15, -0.1) is 0 Å². The molecule has 1 nitrogen and oxygen atoms in total. The van der Waals surface area contributed by atoms with Gasteiger partial charge in [-0.05, 0) is 120 Å². The molecule has 0 aliphatic heterocycles. The van der Waals surface area contributed by atoms with Gasteiger partial charge in [-0.2, -0.15) is 0 Å². The topological polar surface area (TPSA) is 4.93 Å². The van der Waals surface area contributed by atoms with E-state index in [4.69, 9.17) is 0 Å². The Morgan fingerprint density at radius 2 is 0.980 bits per heavy atom. The van der Waals surface area contributed by atoms with E-state index in [-0.39, 0.29) is 5.41 Å². The Bertz CT molecular complexity index is 2880. The van der Waals surface area contributed by atoms with Crippen LogP contribution in [0.5, 0.6) is 0 Å². The van der Waals surface area contributed by atoms with Crippen LogP contribution in [0.1, 0.15) is 25.0 Å². The van der Waals surface area contributed by atoms with E-state index in [1.165, 1.54) is 105 Å². The molecule has 1 heterocycles. The Balaban J connectivity index is 1.04. The molecule has 0 fully saturated rings. The van der Waals surface area contributed by atoms with Gasteiger partial charge in [0.25, 0.3) is 0 Å². The molecule has 0 radical (unpaired) electrons. The summed E-state index contributed by atoms with van der Waals surface area (Å²) >= 11 is 0. The molecule has 50 heavy (non-hydrogen) atoms. The average Bonchev–Trinajstić information content (AvgIpc) is 3.75. The summed E-state index contributed by atoms with van der Waals surface area (Å²) in [5, 5.41) is 5.23. The number of aromatic nitrogens is 1. The number of hydrogen-bond donors (Lipinski definition) is 0. The maximum Gasteiger partial charge on any atom is 0.0541 e. The van der Waals surface area contributed by atoms with Gasteiger partial charge in [0, 0.05) is 21.9 Å². The van der Waals surface area contributed by atoms with E-state index >= 15 is 0 Å². The van der Waals surface area contributed by atoms with Crippen molar-refractivity contribution in [3.8, 4) is 61.3 Å². The largest absolute Gasteiger partial charge is 0.309 e. The Morgan fingerprint density at radius 1 is 0.360 bits per heavy atom. The highest BCUT2D eigenvalue weighted by Crippen LogP contribution is 2.53. The predicted octanol–water partition coefficient (Wildman–Crippen LogP) is 13.2. The number of fused-ring (bicyclic) bond motifs is 9. The molecule has 0 amide bonds. The number of para-hydroxylation sites is 2. The minimum Gasteiger partial charge on any atom is -0.309 e. The van der Waals surface area contributed by atoms with Crippen molar-refractivity contribution in [1.82, 2.24) is 4.57 Å². The smallest absolute Gasteiger partial charge is 0.0541 e. The van der Waals surface area contributed by atoms with Crippen molar-refractivity contribution in [2.45, 2.75) is 19.3 Å². The summed E-state index contributed by atoms with van der Waals surface area (Å²) in [6, 6.07) is 61.1. The third kappa shape index (κ3) is 3.67. The van der Waals surface area contributed by atoms with Crippen LogP contribution in [0, 0.1) is 0 Å². The standard InChI is InChI=1S/C49H33N/c1-49(2)44-17-8-6-13-36(44)42-29-32(20-25-45(42)49)34-23-24-40-35-22-19-30(27-41(35)39-16-10-15-38(34)48(39)40)31-21-26-47-43(28-31)37-14-7-9-18-46(37)50(47)33-11-4-3-5-12-33/h3-29H,1-2H3. The molecular formula is C49H33N. The Morgan fingerprint density at radius 3 is 1.90 bits per heavy atom. The molecule has 0 N–H and O–H groups in total. The molecule has 2 aliphatic carbocycles. The van der Waals surface area contributed by atoms with E-state index in [1.54, 1.807) is 0 Å². The second kappa shape index (κ2) is 9.94. The zero-order chi connectivity index (χ0) is 33.1. The summed E-state index contributed by atoms with van der Waals surface area (Å²) in [5.41, 5.74) is 19.5. The number of benzene rings is 8. The SMILES string of the molecule is CC1(C)c2ccccc2-c2cc(-c3ccc4c5c(cccc35)-c3cc(-c5ccc6c(c5)c5ccccc5n6-c5ccccc5)ccc3-4)ccc21. The zero-order valence-electron chi connectivity index (χ0n) is 28.0. The van der Waals surface area contributed by atoms with Crippen LogP contribution in [-0.4, -0.2) is 4.57 Å². The first-order valence-corrected chi connectivity index (χ1v) is 17.6. The molecule has 234 valence electrons. The lowest BCUT2D eigenvalue weighted by Gasteiger charge is -2.21. The van der Waals surface area contributed by atoms with Crippen LogP contribution in [0.3, 0.4) is 0 Å². The van der Waals surface area contributed by atoms with Crippen molar-refractivity contribution < 1.29 is 0 Å². The maximum atomic E-state index is 2.43. The molecule has 0 atom stereocenters. The van der Waals surface area contributed by atoms with E-state index in [2.05, 4.69) is 182 Å². The highest BCUT2D eigenvalue weighted by molar-refractivity contribution is 6.19. The van der Waals surface area contributed by atoms with Crippen LogP contribution in [0.2, 0.25) is 0 Å². The molecule has 0 saturated heterocycles. The minimum absolute atomic E-state index is 0.00924. The van der Waals surface area contributed by atoms with Gasteiger partial charge in [-0.3, -0.25) is 0 Å². The second-order valence-corrected chi connectivity index (χ2v) is 14.5. The molecular weight excluding hydrogens is 603 g/mol. The Labute approximate surface area is 291 Å². The van der Waals surface area contributed by atoms with Gasteiger partial charge in [0.2, 0.25) is 0 Å². The van der Waals surface area contributed by atoms with Crippen LogP contribution in [-0.2, 0) is 5.41 Å². The first-order valence-electron chi connectivity index (χ1n) is 17.6. The van der Waals surface area contributed by atoms with Crippen LogP contribution in [0.4, 0.5) is 0 Å². The monoisotopic (exact) mass is 635 g/mol. The van der Waals surface area contributed by atoms with E-state index in [1.807, 2.05) is 0 Å². The van der Waals surface area contributed by atoms with Crippen molar-refractivity contribution in [3.63, 3.8) is 0 Å². The second-order valence-electron chi connectivity index (χ2n) is 14.5. The summed E-state index contributed by atoms with van der Waals surface area (Å²) < 4.78 is 2.38. The van der Waals surface area contributed by atoms with E-state index in [0.717, 1.165) is 0 Å². The Kier molecular flexibility index (Phi) is 5.51. The molecule has 2 aliphatic rings. The highest BCUT2D eigenvalue weighted by atomic mass is 15.0.